The quantitative estimate of drug-likeness (QED) is 0.854. The molecule has 3 heterocycles. The molecule has 0 aromatic carbocycles. The van der Waals surface area contributed by atoms with Gasteiger partial charge in [0.25, 0.3) is 0 Å². The summed E-state index contributed by atoms with van der Waals surface area (Å²) in [6.07, 6.45) is 2.29. The van der Waals surface area contributed by atoms with Crippen LogP contribution in [0.3, 0.4) is 0 Å². The van der Waals surface area contributed by atoms with E-state index >= 15 is 0 Å². The van der Waals surface area contributed by atoms with Crippen molar-refractivity contribution in [2.45, 2.75) is 19.8 Å². The molecule has 0 spiro atoms. The molecule has 2 N–H and O–H groups in total. The van der Waals surface area contributed by atoms with Crippen molar-refractivity contribution < 1.29 is 4.79 Å². The van der Waals surface area contributed by atoms with E-state index in [-0.39, 0.29) is 5.91 Å². The third kappa shape index (κ3) is 3.47. The van der Waals surface area contributed by atoms with E-state index in [9.17, 15) is 4.79 Å². The summed E-state index contributed by atoms with van der Waals surface area (Å²) in [7, 11) is 0. The lowest BCUT2D eigenvalue weighted by molar-refractivity contribution is -0.131. The lowest BCUT2D eigenvalue weighted by Gasteiger charge is -2.35. The highest BCUT2D eigenvalue weighted by Crippen LogP contribution is 2.16. The molecular weight excluding hydrogens is 280 g/mol. The van der Waals surface area contributed by atoms with Crippen molar-refractivity contribution in [3.63, 3.8) is 0 Å². The molecule has 0 unspecified atom stereocenters. The van der Waals surface area contributed by atoms with Gasteiger partial charge in [-0.3, -0.25) is 9.69 Å². The number of carbonyl (C=O) groups is 1. The Hall–Kier alpha value is -1.89. The van der Waals surface area contributed by atoms with Gasteiger partial charge < -0.3 is 15.5 Å². The Balaban J connectivity index is 1.52. The largest absolute Gasteiger partial charge is 0.368 e. The smallest absolute Gasteiger partial charge is 0.236 e. The molecular formula is C15H24N6O. The zero-order chi connectivity index (χ0) is 15.5. The monoisotopic (exact) mass is 304 g/mol. The molecule has 0 bridgehead atoms. The van der Waals surface area contributed by atoms with Crippen LogP contribution < -0.4 is 10.6 Å². The van der Waals surface area contributed by atoms with Gasteiger partial charge in [-0.15, -0.1) is 0 Å². The van der Waals surface area contributed by atoms with E-state index in [2.05, 4.69) is 19.8 Å². The van der Waals surface area contributed by atoms with Gasteiger partial charge in [0.15, 0.2) is 0 Å². The van der Waals surface area contributed by atoms with Crippen LogP contribution in [0.5, 0.6) is 0 Å². The van der Waals surface area contributed by atoms with Gasteiger partial charge in [0.2, 0.25) is 11.9 Å². The van der Waals surface area contributed by atoms with Gasteiger partial charge in [0.1, 0.15) is 5.82 Å². The Morgan fingerprint density at radius 3 is 2.45 bits per heavy atom. The molecule has 2 fully saturated rings. The highest BCUT2D eigenvalue weighted by Gasteiger charge is 2.24. The molecule has 2 aliphatic rings. The molecule has 1 amide bonds. The first-order chi connectivity index (χ1) is 10.6. The number of likely N-dealkylation sites (tertiary alicyclic amines) is 1. The number of amides is 1. The Kier molecular flexibility index (Phi) is 4.42. The maximum atomic E-state index is 12.2. The summed E-state index contributed by atoms with van der Waals surface area (Å²) in [5.41, 5.74) is 6.60. The third-order valence-corrected chi connectivity index (χ3v) is 4.37. The SMILES string of the molecule is Cc1cc(N2CCN(CC(=O)N3CCCC3)CC2)nc(N)n1. The van der Waals surface area contributed by atoms with Crippen LogP contribution in [0.2, 0.25) is 0 Å². The number of hydrogen-bond acceptors (Lipinski definition) is 6. The summed E-state index contributed by atoms with van der Waals surface area (Å²) >= 11 is 0. The highest BCUT2D eigenvalue weighted by molar-refractivity contribution is 5.78. The molecule has 3 rings (SSSR count). The number of hydrogen-bond donors (Lipinski definition) is 1. The zero-order valence-electron chi connectivity index (χ0n) is 13.2. The van der Waals surface area contributed by atoms with Gasteiger partial charge >= 0.3 is 0 Å². The molecule has 1 aromatic rings. The van der Waals surface area contributed by atoms with Gasteiger partial charge in [-0.05, 0) is 19.8 Å². The van der Waals surface area contributed by atoms with Crippen molar-refractivity contribution in [3.05, 3.63) is 11.8 Å². The van der Waals surface area contributed by atoms with Crippen LogP contribution >= 0.6 is 0 Å². The minimum absolute atomic E-state index is 0.271. The number of piperazine rings is 1. The minimum Gasteiger partial charge on any atom is -0.368 e. The van der Waals surface area contributed by atoms with Crippen LogP contribution in [-0.4, -0.2) is 71.5 Å². The Morgan fingerprint density at radius 2 is 1.82 bits per heavy atom. The predicted octanol–water partition coefficient (Wildman–Crippen LogP) is 0.112. The fraction of sp³-hybridized carbons (Fsp3) is 0.667. The van der Waals surface area contributed by atoms with Crippen LogP contribution in [0.4, 0.5) is 11.8 Å². The molecule has 2 saturated heterocycles. The second-order valence-electron chi connectivity index (χ2n) is 6.08. The first-order valence-corrected chi connectivity index (χ1v) is 7.98. The van der Waals surface area contributed by atoms with Gasteiger partial charge in [0.05, 0.1) is 6.54 Å². The number of aromatic nitrogens is 2. The molecule has 7 heteroatoms. The molecule has 120 valence electrons. The first kappa shape index (κ1) is 15.0. The Bertz CT molecular complexity index is 515. The lowest BCUT2D eigenvalue weighted by atomic mass is 10.3. The van der Waals surface area contributed by atoms with Crippen molar-refractivity contribution in [2.75, 3.05) is 56.4 Å². The lowest BCUT2D eigenvalue weighted by Crippen LogP contribution is -2.50. The average Bonchev–Trinajstić information content (AvgIpc) is 3.01. The first-order valence-electron chi connectivity index (χ1n) is 7.98. The van der Waals surface area contributed by atoms with Gasteiger partial charge in [0, 0.05) is 51.0 Å². The van der Waals surface area contributed by atoms with Gasteiger partial charge in [-0.25, -0.2) is 4.98 Å². The molecule has 0 aliphatic carbocycles. The number of nitrogen functional groups attached to an aromatic ring is 1. The fourth-order valence-electron chi connectivity index (χ4n) is 3.13. The summed E-state index contributed by atoms with van der Waals surface area (Å²) in [5, 5.41) is 0. The summed E-state index contributed by atoms with van der Waals surface area (Å²) in [6, 6.07) is 1.96. The van der Waals surface area contributed by atoms with E-state index in [1.807, 2.05) is 17.9 Å². The van der Waals surface area contributed by atoms with Crippen molar-refractivity contribution in [1.29, 1.82) is 0 Å². The fourth-order valence-corrected chi connectivity index (χ4v) is 3.13. The van der Waals surface area contributed by atoms with Crippen LogP contribution in [0.1, 0.15) is 18.5 Å². The zero-order valence-corrected chi connectivity index (χ0v) is 13.2. The second kappa shape index (κ2) is 6.48. The Labute approximate surface area is 131 Å². The molecule has 22 heavy (non-hydrogen) atoms. The molecule has 1 aromatic heterocycles. The summed E-state index contributed by atoms with van der Waals surface area (Å²) in [4.78, 5) is 27.0. The number of rotatable bonds is 3. The Morgan fingerprint density at radius 1 is 1.14 bits per heavy atom. The van der Waals surface area contributed by atoms with Crippen LogP contribution in [0.15, 0.2) is 6.07 Å². The van der Waals surface area contributed by atoms with E-state index in [4.69, 9.17) is 5.73 Å². The highest BCUT2D eigenvalue weighted by atomic mass is 16.2. The molecule has 0 atom stereocenters. The van der Waals surface area contributed by atoms with E-state index in [1.54, 1.807) is 0 Å². The standard InChI is InChI=1S/C15H24N6O/c1-12-10-13(18-15(16)17-12)20-8-6-19(7-9-20)11-14(22)21-4-2-3-5-21/h10H,2-9,11H2,1H3,(H2,16,17,18). The molecule has 0 saturated carbocycles. The van der Waals surface area contributed by atoms with E-state index in [0.717, 1.165) is 63.6 Å². The predicted molar refractivity (Wildman–Crippen MR) is 85.6 cm³/mol. The number of anilines is 2. The molecule has 2 aliphatic heterocycles. The maximum Gasteiger partial charge on any atom is 0.236 e. The van der Waals surface area contributed by atoms with Gasteiger partial charge in [-0.2, -0.15) is 4.98 Å². The normalized spacial score (nSPS) is 19.7. The van der Waals surface area contributed by atoms with E-state index in [1.165, 1.54) is 0 Å². The molecule has 7 nitrogen and oxygen atoms in total. The van der Waals surface area contributed by atoms with Crippen LogP contribution in [-0.2, 0) is 4.79 Å². The summed E-state index contributed by atoms with van der Waals surface area (Å²) in [6.45, 7) is 7.80. The number of nitrogens with two attached hydrogens (primary N) is 1. The average molecular weight is 304 g/mol. The van der Waals surface area contributed by atoms with E-state index in [0.29, 0.717) is 12.5 Å². The number of nitrogens with zero attached hydrogens (tertiary/aromatic N) is 5. The number of aryl methyl sites for hydroxylation is 1. The second-order valence-corrected chi connectivity index (χ2v) is 6.08. The number of carbonyl (C=O) groups excluding carboxylic acids is 1. The molecule has 0 radical (unpaired) electrons. The minimum atomic E-state index is 0.271. The summed E-state index contributed by atoms with van der Waals surface area (Å²) in [5.74, 6) is 1.48. The van der Waals surface area contributed by atoms with Crippen molar-refractivity contribution in [2.24, 2.45) is 0 Å². The van der Waals surface area contributed by atoms with E-state index < -0.39 is 0 Å². The van der Waals surface area contributed by atoms with Crippen LogP contribution in [0, 0.1) is 6.92 Å². The van der Waals surface area contributed by atoms with Crippen molar-refractivity contribution in [3.8, 4) is 0 Å². The van der Waals surface area contributed by atoms with Crippen LogP contribution in [0.25, 0.3) is 0 Å². The van der Waals surface area contributed by atoms with Crippen molar-refractivity contribution in [1.82, 2.24) is 19.8 Å². The summed E-state index contributed by atoms with van der Waals surface area (Å²) < 4.78 is 0. The van der Waals surface area contributed by atoms with Gasteiger partial charge in [-0.1, -0.05) is 0 Å². The van der Waals surface area contributed by atoms with Crippen molar-refractivity contribution >= 4 is 17.7 Å². The third-order valence-electron chi connectivity index (χ3n) is 4.37. The topological polar surface area (TPSA) is 78.6 Å². The maximum absolute atomic E-state index is 12.2.